The third kappa shape index (κ3) is 4.90. The van der Waals surface area contributed by atoms with Gasteiger partial charge in [-0.05, 0) is 12.1 Å². The standard InChI is InChI=1S/C7H6O2.CHNO/c8-6-9-7-4-2-1-3-5-7;2-1-3/h1-6H;2H. The summed E-state index contributed by atoms with van der Waals surface area (Å²) < 4.78 is 4.53. The molecule has 0 saturated heterocycles. The van der Waals surface area contributed by atoms with E-state index in [1.54, 1.807) is 24.3 Å². The minimum absolute atomic E-state index is 0.412. The molecular weight excluding hydrogens is 158 g/mol. The molecule has 0 aliphatic rings. The highest BCUT2D eigenvalue weighted by Crippen LogP contribution is 2.05. The van der Waals surface area contributed by atoms with E-state index in [4.69, 9.17) is 10.2 Å². The van der Waals surface area contributed by atoms with Gasteiger partial charge in [0.2, 0.25) is 6.08 Å². The lowest BCUT2D eigenvalue weighted by Crippen LogP contribution is -1.85. The number of nitrogens with one attached hydrogen (secondary N) is 1. The van der Waals surface area contributed by atoms with E-state index in [2.05, 4.69) is 4.74 Å². The number of isocyanates is 1. The van der Waals surface area contributed by atoms with Crippen LogP contribution in [0.1, 0.15) is 0 Å². The lowest BCUT2D eigenvalue weighted by atomic mass is 10.3. The Labute approximate surface area is 69.3 Å². The summed E-state index contributed by atoms with van der Waals surface area (Å²) in [6, 6.07) is 8.90. The highest BCUT2D eigenvalue weighted by molar-refractivity contribution is 5.44. The molecule has 0 aliphatic carbocycles. The Morgan fingerprint density at radius 2 is 1.83 bits per heavy atom. The quantitative estimate of drug-likeness (QED) is 0.405. The number of hydrogen-bond acceptors (Lipinski definition) is 4. The highest BCUT2D eigenvalue weighted by atomic mass is 16.5. The van der Waals surface area contributed by atoms with Crippen molar-refractivity contribution >= 4 is 12.6 Å². The minimum atomic E-state index is 0.412. The van der Waals surface area contributed by atoms with Crippen molar-refractivity contribution < 1.29 is 14.3 Å². The molecule has 0 amide bonds. The number of carbonyl (C=O) groups excluding carboxylic acids is 2. The third-order valence-corrected chi connectivity index (χ3v) is 0.927. The predicted molar refractivity (Wildman–Crippen MR) is 41.5 cm³/mol. The van der Waals surface area contributed by atoms with Crippen molar-refractivity contribution in [3.63, 3.8) is 0 Å². The topological polar surface area (TPSA) is 67.2 Å². The Kier molecular flexibility index (Phi) is 6.03. The van der Waals surface area contributed by atoms with Crippen LogP contribution in [0.5, 0.6) is 5.75 Å². The Morgan fingerprint density at radius 3 is 2.25 bits per heavy atom. The van der Waals surface area contributed by atoms with Gasteiger partial charge in [-0.25, -0.2) is 10.2 Å². The second kappa shape index (κ2) is 7.18. The average Bonchev–Trinajstić information content (AvgIpc) is 2.08. The maximum atomic E-state index is 9.75. The molecule has 0 heterocycles. The molecule has 0 spiro atoms. The first-order chi connectivity index (χ1) is 5.85. The molecule has 1 aromatic carbocycles. The smallest absolute Gasteiger partial charge is 0.298 e. The first kappa shape index (κ1) is 10.1. The van der Waals surface area contributed by atoms with Gasteiger partial charge in [0, 0.05) is 0 Å². The van der Waals surface area contributed by atoms with Crippen molar-refractivity contribution in [1.29, 1.82) is 5.41 Å². The van der Waals surface area contributed by atoms with Gasteiger partial charge in [0.25, 0.3) is 6.47 Å². The summed E-state index contributed by atoms with van der Waals surface area (Å²) in [6.07, 6.45) is 0.750. The van der Waals surface area contributed by atoms with Crippen LogP contribution in [-0.2, 0) is 9.59 Å². The summed E-state index contributed by atoms with van der Waals surface area (Å²) in [5, 5.41) is 5.40. The van der Waals surface area contributed by atoms with Gasteiger partial charge in [0.15, 0.2) is 0 Å². The monoisotopic (exact) mass is 165 g/mol. The lowest BCUT2D eigenvalue weighted by molar-refractivity contribution is -0.120. The largest absolute Gasteiger partial charge is 0.429 e. The van der Waals surface area contributed by atoms with E-state index in [1.807, 2.05) is 6.07 Å². The van der Waals surface area contributed by atoms with E-state index in [9.17, 15) is 4.79 Å². The SMILES string of the molecule is N=C=O.O=COc1ccccc1. The second-order valence-electron chi connectivity index (χ2n) is 1.63. The van der Waals surface area contributed by atoms with Gasteiger partial charge in [0.05, 0.1) is 0 Å². The highest BCUT2D eigenvalue weighted by Gasteiger charge is 1.84. The average molecular weight is 165 g/mol. The van der Waals surface area contributed by atoms with E-state index in [-0.39, 0.29) is 0 Å². The molecule has 0 bridgehead atoms. The van der Waals surface area contributed by atoms with Crippen molar-refractivity contribution in [2.45, 2.75) is 0 Å². The molecular formula is C8H7NO3. The molecule has 0 aromatic heterocycles. The van der Waals surface area contributed by atoms with Gasteiger partial charge in [-0.3, -0.25) is 4.79 Å². The molecule has 4 heteroatoms. The van der Waals surface area contributed by atoms with Crippen LogP contribution in [0.3, 0.4) is 0 Å². The van der Waals surface area contributed by atoms with Crippen LogP contribution in [0.4, 0.5) is 0 Å². The Morgan fingerprint density at radius 1 is 1.33 bits per heavy atom. The van der Waals surface area contributed by atoms with Crippen LogP contribution in [0.15, 0.2) is 30.3 Å². The first-order valence-corrected chi connectivity index (χ1v) is 3.04. The fourth-order valence-electron chi connectivity index (χ4n) is 0.555. The molecule has 1 rings (SSSR count). The number of ether oxygens (including phenoxy) is 1. The molecule has 0 fully saturated rings. The van der Waals surface area contributed by atoms with E-state index in [0.29, 0.717) is 12.2 Å². The zero-order valence-electron chi connectivity index (χ0n) is 6.19. The van der Waals surface area contributed by atoms with Gasteiger partial charge in [0.1, 0.15) is 5.75 Å². The Bertz CT molecular complexity index is 252. The van der Waals surface area contributed by atoms with Gasteiger partial charge >= 0.3 is 0 Å². The Hall–Kier alpha value is -1.93. The van der Waals surface area contributed by atoms with Gasteiger partial charge in [-0.15, -0.1) is 0 Å². The zero-order valence-corrected chi connectivity index (χ0v) is 6.19. The van der Waals surface area contributed by atoms with E-state index >= 15 is 0 Å². The fourth-order valence-corrected chi connectivity index (χ4v) is 0.555. The maximum Gasteiger partial charge on any atom is 0.298 e. The number of para-hydroxylation sites is 1. The van der Waals surface area contributed by atoms with Crippen LogP contribution in [-0.4, -0.2) is 12.6 Å². The summed E-state index contributed by atoms with van der Waals surface area (Å²) >= 11 is 0. The van der Waals surface area contributed by atoms with Crippen molar-refractivity contribution in [3.8, 4) is 5.75 Å². The molecule has 0 radical (unpaired) electrons. The molecule has 1 aromatic rings. The van der Waals surface area contributed by atoms with Crippen LogP contribution in [0, 0.1) is 5.41 Å². The molecule has 12 heavy (non-hydrogen) atoms. The van der Waals surface area contributed by atoms with Gasteiger partial charge < -0.3 is 4.74 Å². The van der Waals surface area contributed by atoms with Crippen molar-refractivity contribution in [2.75, 3.05) is 0 Å². The molecule has 0 aliphatic heterocycles. The van der Waals surface area contributed by atoms with E-state index < -0.39 is 0 Å². The lowest BCUT2D eigenvalue weighted by Gasteiger charge is -1.92. The number of hydrogen-bond donors (Lipinski definition) is 1. The third-order valence-electron chi connectivity index (χ3n) is 0.927. The van der Waals surface area contributed by atoms with E-state index in [1.165, 1.54) is 0 Å². The summed E-state index contributed by atoms with van der Waals surface area (Å²) in [6.45, 7) is 0.412. The summed E-state index contributed by atoms with van der Waals surface area (Å²) in [7, 11) is 0. The molecule has 62 valence electrons. The normalized spacial score (nSPS) is 7.00. The van der Waals surface area contributed by atoms with Crippen molar-refractivity contribution in [1.82, 2.24) is 0 Å². The molecule has 0 saturated carbocycles. The second-order valence-corrected chi connectivity index (χ2v) is 1.63. The zero-order chi connectivity index (χ0) is 9.23. The Balaban J connectivity index is 0.000000354. The summed E-state index contributed by atoms with van der Waals surface area (Å²) in [4.78, 5) is 18.1. The van der Waals surface area contributed by atoms with Crippen LogP contribution >= 0.6 is 0 Å². The van der Waals surface area contributed by atoms with Gasteiger partial charge in [-0.2, -0.15) is 0 Å². The van der Waals surface area contributed by atoms with Crippen molar-refractivity contribution in [2.24, 2.45) is 0 Å². The van der Waals surface area contributed by atoms with E-state index in [0.717, 1.165) is 6.08 Å². The fraction of sp³-hybridized carbons (Fsp3) is 0. The molecule has 0 atom stereocenters. The number of carbonyl (C=O) groups is 1. The molecule has 1 N–H and O–H groups in total. The predicted octanol–water partition coefficient (Wildman–Crippen LogP) is 1.12. The maximum absolute atomic E-state index is 9.75. The summed E-state index contributed by atoms with van der Waals surface area (Å²) in [5.74, 6) is 0.576. The summed E-state index contributed by atoms with van der Waals surface area (Å²) in [5.41, 5.74) is 0. The van der Waals surface area contributed by atoms with Crippen LogP contribution in [0.2, 0.25) is 0 Å². The minimum Gasteiger partial charge on any atom is -0.429 e. The molecule has 4 nitrogen and oxygen atoms in total. The van der Waals surface area contributed by atoms with Crippen LogP contribution < -0.4 is 4.74 Å². The number of rotatable bonds is 2. The van der Waals surface area contributed by atoms with Crippen molar-refractivity contribution in [3.05, 3.63) is 30.3 Å². The number of benzene rings is 1. The van der Waals surface area contributed by atoms with Gasteiger partial charge in [-0.1, -0.05) is 18.2 Å². The van der Waals surface area contributed by atoms with Crippen LogP contribution in [0.25, 0.3) is 0 Å². The first-order valence-electron chi connectivity index (χ1n) is 3.04. The molecule has 0 unspecified atom stereocenters.